The van der Waals surface area contributed by atoms with Crippen molar-refractivity contribution in [1.29, 1.82) is 10.5 Å². The van der Waals surface area contributed by atoms with Gasteiger partial charge in [0.25, 0.3) is 0 Å². The van der Waals surface area contributed by atoms with Crippen LogP contribution in [-0.4, -0.2) is 30.4 Å². The minimum absolute atomic E-state index is 0.135. The Bertz CT molecular complexity index is 248. The molecule has 6 heteroatoms. The van der Waals surface area contributed by atoms with Crippen molar-refractivity contribution in [3.63, 3.8) is 0 Å². The molecule has 1 unspecified atom stereocenters. The van der Waals surface area contributed by atoms with Gasteiger partial charge in [-0.3, -0.25) is 15.1 Å². The van der Waals surface area contributed by atoms with Gasteiger partial charge in [0.15, 0.2) is 0 Å². The highest BCUT2D eigenvalue weighted by Crippen LogP contribution is 1.98. The van der Waals surface area contributed by atoms with Gasteiger partial charge in [0.05, 0.1) is 25.2 Å². The standard InChI is InChI=1S/C8H13N5O/c1-7(8(14)12-11)6-13(4-2-9)5-3-10/h7H,4-6,11H2,1H3,(H,12,14). The topological polar surface area (TPSA) is 106 Å². The SMILES string of the molecule is CC(CN(CC#N)CC#N)C(=O)NN. The second kappa shape index (κ2) is 6.84. The van der Waals surface area contributed by atoms with E-state index in [1.54, 1.807) is 11.8 Å². The fraction of sp³-hybridized carbons (Fsp3) is 0.625. The van der Waals surface area contributed by atoms with E-state index in [2.05, 4.69) is 0 Å². The lowest BCUT2D eigenvalue weighted by Gasteiger charge is -2.18. The quantitative estimate of drug-likeness (QED) is 0.252. The molecular weight excluding hydrogens is 182 g/mol. The van der Waals surface area contributed by atoms with Gasteiger partial charge in [-0.15, -0.1) is 0 Å². The van der Waals surface area contributed by atoms with Gasteiger partial charge in [0, 0.05) is 12.5 Å². The third-order valence-electron chi connectivity index (χ3n) is 1.71. The van der Waals surface area contributed by atoms with Crippen molar-refractivity contribution in [2.75, 3.05) is 19.6 Å². The summed E-state index contributed by atoms with van der Waals surface area (Å²) < 4.78 is 0. The molecule has 0 aromatic carbocycles. The molecule has 1 atom stereocenters. The summed E-state index contributed by atoms with van der Waals surface area (Å²) in [7, 11) is 0. The molecule has 14 heavy (non-hydrogen) atoms. The number of nitrogens with zero attached hydrogens (tertiary/aromatic N) is 3. The van der Waals surface area contributed by atoms with Crippen molar-refractivity contribution in [3.05, 3.63) is 0 Å². The van der Waals surface area contributed by atoms with E-state index in [4.69, 9.17) is 16.4 Å². The van der Waals surface area contributed by atoms with Gasteiger partial charge in [-0.1, -0.05) is 6.92 Å². The predicted octanol–water partition coefficient (Wildman–Crippen LogP) is -1.04. The molecule has 0 aliphatic rings. The molecule has 0 fully saturated rings. The van der Waals surface area contributed by atoms with Crippen LogP contribution in [0.4, 0.5) is 0 Å². The van der Waals surface area contributed by atoms with Gasteiger partial charge in [-0.25, -0.2) is 5.84 Å². The van der Waals surface area contributed by atoms with Gasteiger partial charge >= 0.3 is 0 Å². The number of amides is 1. The van der Waals surface area contributed by atoms with Crippen LogP contribution in [0.15, 0.2) is 0 Å². The van der Waals surface area contributed by atoms with Gasteiger partial charge in [0.2, 0.25) is 5.91 Å². The monoisotopic (exact) mass is 195 g/mol. The van der Waals surface area contributed by atoms with Crippen molar-refractivity contribution < 1.29 is 4.79 Å². The molecular formula is C8H13N5O. The predicted molar refractivity (Wildman–Crippen MR) is 49.2 cm³/mol. The molecule has 0 spiro atoms. The van der Waals surface area contributed by atoms with E-state index in [-0.39, 0.29) is 24.9 Å². The van der Waals surface area contributed by atoms with Crippen molar-refractivity contribution in [2.24, 2.45) is 11.8 Å². The summed E-state index contributed by atoms with van der Waals surface area (Å²) in [6.45, 7) is 2.31. The van der Waals surface area contributed by atoms with Crippen LogP contribution in [0.25, 0.3) is 0 Å². The van der Waals surface area contributed by atoms with E-state index >= 15 is 0 Å². The first-order valence-electron chi connectivity index (χ1n) is 4.12. The lowest BCUT2D eigenvalue weighted by atomic mass is 10.1. The maximum Gasteiger partial charge on any atom is 0.237 e. The molecule has 0 aliphatic heterocycles. The van der Waals surface area contributed by atoms with E-state index in [0.717, 1.165) is 0 Å². The molecule has 0 radical (unpaired) electrons. The summed E-state index contributed by atoms with van der Waals surface area (Å²) in [5.74, 6) is 4.32. The maximum atomic E-state index is 11.0. The molecule has 0 bridgehead atoms. The van der Waals surface area contributed by atoms with Crippen LogP contribution in [0.3, 0.4) is 0 Å². The summed E-state index contributed by atoms with van der Waals surface area (Å²) in [6.07, 6.45) is 0. The average molecular weight is 195 g/mol. The fourth-order valence-electron chi connectivity index (χ4n) is 0.997. The second-order valence-corrected chi connectivity index (χ2v) is 2.90. The molecule has 1 amide bonds. The van der Waals surface area contributed by atoms with Crippen molar-refractivity contribution >= 4 is 5.91 Å². The van der Waals surface area contributed by atoms with Gasteiger partial charge in [-0.05, 0) is 0 Å². The molecule has 0 aliphatic carbocycles. The Balaban J connectivity index is 4.10. The molecule has 76 valence electrons. The number of carbonyl (C=O) groups excluding carboxylic acids is 1. The highest BCUT2D eigenvalue weighted by atomic mass is 16.2. The van der Waals surface area contributed by atoms with E-state index in [1.807, 2.05) is 17.6 Å². The zero-order valence-electron chi connectivity index (χ0n) is 8.03. The summed E-state index contributed by atoms with van der Waals surface area (Å²) >= 11 is 0. The van der Waals surface area contributed by atoms with Crippen LogP contribution in [0, 0.1) is 28.6 Å². The van der Waals surface area contributed by atoms with Crippen LogP contribution >= 0.6 is 0 Å². The summed E-state index contributed by atoms with van der Waals surface area (Å²) in [5.41, 5.74) is 2.02. The average Bonchev–Trinajstić information content (AvgIpc) is 2.17. The zero-order chi connectivity index (χ0) is 11.0. The number of nitrogens with two attached hydrogens (primary N) is 1. The molecule has 0 rings (SSSR count). The van der Waals surface area contributed by atoms with Crippen molar-refractivity contribution in [1.82, 2.24) is 10.3 Å². The van der Waals surface area contributed by atoms with Crippen LogP contribution in [-0.2, 0) is 4.79 Å². The fourth-order valence-corrected chi connectivity index (χ4v) is 0.997. The first-order chi connectivity index (χ1) is 6.65. The molecule has 3 N–H and O–H groups in total. The third-order valence-corrected chi connectivity index (χ3v) is 1.71. The first-order valence-corrected chi connectivity index (χ1v) is 4.12. The van der Waals surface area contributed by atoms with Crippen LogP contribution in [0.1, 0.15) is 6.92 Å². The number of hydrogen-bond donors (Lipinski definition) is 2. The van der Waals surface area contributed by atoms with Gasteiger partial charge < -0.3 is 0 Å². The third kappa shape index (κ3) is 4.41. The highest BCUT2D eigenvalue weighted by Gasteiger charge is 2.15. The molecule has 0 saturated heterocycles. The van der Waals surface area contributed by atoms with Gasteiger partial charge in [0.1, 0.15) is 0 Å². The number of nitriles is 2. The Kier molecular flexibility index (Phi) is 6.04. The molecule has 6 nitrogen and oxygen atoms in total. The Hall–Kier alpha value is -1.63. The Morgan fingerprint density at radius 3 is 2.36 bits per heavy atom. The number of hydrazine groups is 1. The minimum Gasteiger partial charge on any atom is -0.294 e. The molecule has 0 aromatic rings. The van der Waals surface area contributed by atoms with E-state index in [9.17, 15) is 4.79 Å². The smallest absolute Gasteiger partial charge is 0.237 e. The summed E-state index contributed by atoms with van der Waals surface area (Å²) in [4.78, 5) is 12.6. The first kappa shape index (κ1) is 12.4. The summed E-state index contributed by atoms with van der Waals surface area (Å²) in [5, 5.41) is 16.9. The largest absolute Gasteiger partial charge is 0.294 e. The van der Waals surface area contributed by atoms with Crippen molar-refractivity contribution in [3.8, 4) is 12.1 Å². The van der Waals surface area contributed by atoms with E-state index in [1.165, 1.54) is 0 Å². The normalized spacial score (nSPS) is 11.5. The van der Waals surface area contributed by atoms with Gasteiger partial charge in [-0.2, -0.15) is 10.5 Å². The number of hydrogen-bond acceptors (Lipinski definition) is 5. The second-order valence-electron chi connectivity index (χ2n) is 2.90. The molecule has 0 heterocycles. The minimum atomic E-state index is -0.332. The highest BCUT2D eigenvalue weighted by molar-refractivity contribution is 5.77. The van der Waals surface area contributed by atoms with Crippen LogP contribution in [0.5, 0.6) is 0 Å². The zero-order valence-corrected chi connectivity index (χ0v) is 8.03. The van der Waals surface area contributed by atoms with Crippen molar-refractivity contribution in [2.45, 2.75) is 6.92 Å². The van der Waals surface area contributed by atoms with Crippen LogP contribution in [0.2, 0.25) is 0 Å². The number of carbonyl (C=O) groups is 1. The van der Waals surface area contributed by atoms with E-state index < -0.39 is 0 Å². The number of nitrogens with one attached hydrogen (secondary N) is 1. The lowest BCUT2D eigenvalue weighted by Crippen LogP contribution is -2.40. The Morgan fingerprint density at radius 1 is 1.50 bits per heavy atom. The number of rotatable bonds is 5. The van der Waals surface area contributed by atoms with E-state index in [0.29, 0.717) is 6.54 Å². The van der Waals surface area contributed by atoms with Crippen LogP contribution < -0.4 is 11.3 Å². The Morgan fingerprint density at radius 2 is 2.00 bits per heavy atom. The Labute approximate surface area is 82.9 Å². The maximum absolute atomic E-state index is 11.0. The molecule has 0 aromatic heterocycles. The lowest BCUT2D eigenvalue weighted by molar-refractivity contribution is -0.125. The molecule has 0 saturated carbocycles. The summed E-state index contributed by atoms with van der Waals surface area (Å²) in [6, 6.07) is 3.85.